The van der Waals surface area contributed by atoms with E-state index >= 15 is 0 Å². The van der Waals surface area contributed by atoms with Gasteiger partial charge in [-0.1, -0.05) is 65.3 Å². The topological polar surface area (TPSA) is 73.2 Å². The quantitative estimate of drug-likeness (QED) is 0.300. The van der Waals surface area contributed by atoms with Gasteiger partial charge in [-0.3, -0.25) is 14.5 Å². The number of nitrogens with zero attached hydrogens (tertiary/aromatic N) is 2. The number of nitriles is 1. The molecule has 35 heavy (non-hydrogen) atoms. The maximum Gasteiger partial charge on any atom is 0.269 e. The average molecular weight is 522 g/mol. The number of hydrogen-bond donors (Lipinski definition) is 1. The van der Waals surface area contributed by atoms with Crippen LogP contribution < -0.4 is 10.2 Å². The number of rotatable bonds is 5. The number of benzene rings is 3. The van der Waals surface area contributed by atoms with Crippen molar-refractivity contribution in [1.82, 2.24) is 0 Å². The summed E-state index contributed by atoms with van der Waals surface area (Å²) in [6.45, 7) is 3.80. The summed E-state index contributed by atoms with van der Waals surface area (Å²) in [7, 11) is 0. The number of amides is 2. The lowest BCUT2D eigenvalue weighted by Crippen LogP contribution is -2.31. The lowest BCUT2D eigenvalue weighted by atomic mass is 10.1. The molecule has 176 valence electrons. The second-order valence-corrected chi connectivity index (χ2v) is 10.2. The van der Waals surface area contributed by atoms with E-state index in [-0.39, 0.29) is 16.5 Å². The number of carbonyl (C=O) groups excluding carboxylic acids is 2. The van der Waals surface area contributed by atoms with Gasteiger partial charge in [0.1, 0.15) is 16.7 Å². The summed E-state index contributed by atoms with van der Waals surface area (Å²) in [6.07, 6.45) is 0.299. The van der Waals surface area contributed by atoms with E-state index < -0.39 is 11.2 Å². The standard InChI is InChI=1S/C27H21Cl2N3O2S/c1-16-8-9-17(2)23(12-16)31-25(33)21(15-30)27-32(20-6-4-3-5-7-20)26(34)24(35-27)14-18-13-19(28)10-11-22(18)29/h3-13,24H,14H2,1-2H3,(H,31,33)/b27-21-. The maximum atomic E-state index is 13.6. The van der Waals surface area contributed by atoms with Gasteiger partial charge >= 0.3 is 0 Å². The Labute approximate surface area is 218 Å². The smallest absolute Gasteiger partial charge is 0.269 e. The van der Waals surface area contributed by atoms with Crippen LogP contribution in [-0.2, 0) is 16.0 Å². The molecule has 0 radical (unpaired) electrons. The van der Waals surface area contributed by atoms with Crippen molar-refractivity contribution in [2.45, 2.75) is 25.5 Å². The molecule has 0 aromatic heterocycles. The highest BCUT2D eigenvalue weighted by atomic mass is 35.5. The Morgan fingerprint density at radius 1 is 1.09 bits per heavy atom. The van der Waals surface area contributed by atoms with Crippen LogP contribution in [0, 0.1) is 25.2 Å². The van der Waals surface area contributed by atoms with Crippen molar-refractivity contribution in [3.8, 4) is 6.07 Å². The molecule has 3 aromatic carbocycles. The first-order chi connectivity index (χ1) is 16.8. The van der Waals surface area contributed by atoms with Crippen LogP contribution in [0.25, 0.3) is 0 Å². The van der Waals surface area contributed by atoms with E-state index in [2.05, 4.69) is 5.32 Å². The monoisotopic (exact) mass is 521 g/mol. The van der Waals surface area contributed by atoms with Crippen LogP contribution in [0.1, 0.15) is 16.7 Å². The first kappa shape index (κ1) is 24.9. The van der Waals surface area contributed by atoms with Crippen molar-refractivity contribution in [2.75, 3.05) is 10.2 Å². The summed E-state index contributed by atoms with van der Waals surface area (Å²) in [5.41, 5.74) is 3.63. The molecular weight excluding hydrogens is 501 g/mol. The SMILES string of the molecule is Cc1ccc(C)c(NC(=O)/C(C#N)=C2\SC(Cc3cc(Cl)ccc3Cl)C(=O)N2c2ccccc2)c1. The van der Waals surface area contributed by atoms with E-state index in [1.54, 1.807) is 42.5 Å². The number of thioether (sulfide) groups is 1. The van der Waals surface area contributed by atoms with E-state index in [1.165, 1.54) is 16.7 Å². The van der Waals surface area contributed by atoms with Gasteiger partial charge in [-0.15, -0.1) is 0 Å². The lowest BCUT2D eigenvalue weighted by Gasteiger charge is -2.19. The van der Waals surface area contributed by atoms with Crippen LogP contribution in [0.2, 0.25) is 10.0 Å². The largest absolute Gasteiger partial charge is 0.321 e. The Hall–Kier alpha value is -3.24. The van der Waals surface area contributed by atoms with Gasteiger partial charge in [0.2, 0.25) is 5.91 Å². The first-order valence-electron chi connectivity index (χ1n) is 10.8. The van der Waals surface area contributed by atoms with Gasteiger partial charge in [-0.2, -0.15) is 5.26 Å². The van der Waals surface area contributed by atoms with Gasteiger partial charge in [0.15, 0.2) is 0 Å². The van der Waals surface area contributed by atoms with Crippen LogP contribution >= 0.6 is 35.0 Å². The molecule has 1 aliphatic heterocycles. The fourth-order valence-corrected chi connectivity index (χ4v) is 5.44. The fourth-order valence-electron chi connectivity index (χ4n) is 3.75. The Balaban J connectivity index is 1.74. The van der Waals surface area contributed by atoms with Crippen molar-refractivity contribution in [1.29, 1.82) is 5.26 Å². The van der Waals surface area contributed by atoms with E-state index in [1.807, 2.05) is 44.2 Å². The third-order valence-electron chi connectivity index (χ3n) is 5.57. The molecule has 1 unspecified atom stereocenters. The van der Waals surface area contributed by atoms with Gasteiger partial charge in [-0.25, -0.2) is 0 Å². The van der Waals surface area contributed by atoms with E-state index in [0.29, 0.717) is 27.8 Å². The number of halogens is 2. The maximum absolute atomic E-state index is 13.6. The van der Waals surface area contributed by atoms with Crippen molar-refractivity contribution < 1.29 is 9.59 Å². The Kier molecular flexibility index (Phi) is 7.51. The highest BCUT2D eigenvalue weighted by Crippen LogP contribution is 2.42. The van der Waals surface area contributed by atoms with Crippen molar-refractivity contribution in [2.24, 2.45) is 0 Å². The van der Waals surface area contributed by atoms with Crippen LogP contribution in [0.15, 0.2) is 77.3 Å². The summed E-state index contributed by atoms with van der Waals surface area (Å²) < 4.78 is 0. The van der Waals surface area contributed by atoms with Crippen LogP contribution in [0.5, 0.6) is 0 Å². The number of nitrogens with one attached hydrogen (secondary N) is 1. The summed E-state index contributed by atoms with van der Waals surface area (Å²) >= 11 is 13.7. The van der Waals surface area contributed by atoms with Gasteiger partial charge < -0.3 is 5.32 Å². The van der Waals surface area contributed by atoms with E-state index in [4.69, 9.17) is 23.2 Å². The third kappa shape index (κ3) is 5.38. The molecule has 0 aliphatic carbocycles. The molecule has 5 nitrogen and oxygen atoms in total. The Morgan fingerprint density at radius 3 is 2.54 bits per heavy atom. The second kappa shape index (κ2) is 10.6. The highest BCUT2D eigenvalue weighted by Gasteiger charge is 2.41. The molecular formula is C27H21Cl2N3O2S. The lowest BCUT2D eigenvalue weighted by molar-refractivity contribution is -0.117. The van der Waals surface area contributed by atoms with Crippen molar-refractivity contribution in [3.63, 3.8) is 0 Å². The Morgan fingerprint density at radius 2 is 1.83 bits per heavy atom. The summed E-state index contributed by atoms with van der Waals surface area (Å²) in [5, 5.41) is 13.6. The molecule has 0 saturated carbocycles. The predicted octanol–water partition coefficient (Wildman–Crippen LogP) is 6.68. The van der Waals surface area contributed by atoms with Crippen LogP contribution in [-0.4, -0.2) is 17.1 Å². The predicted molar refractivity (Wildman–Crippen MR) is 143 cm³/mol. The summed E-state index contributed by atoms with van der Waals surface area (Å²) in [5.74, 6) is -0.807. The zero-order valence-corrected chi connectivity index (χ0v) is 21.3. The van der Waals surface area contributed by atoms with Gasteiger partial charge in [0.25, 0.3) is 5.91 Å². The average Bonchev–Trinajstić information content (AvgIpc) is 3.15. The van der Waals surface area contributed by atoms with Gasteiger partial charge in [-0.05, 0) is 73.4 Å². The molecule has 1 heterocycles. The number of anilines is 2. The van der Waals surface area contributed by atoms with Gasteiger partial charge in [0.05, 0.1) is 5.25 Å². The van der Waals surface area contributed by atoms with Crippen molar-refractivity contribution in [3.05, 3.63) is 104 Å². The normalized spacial score (nSPS) is 16.7. The molecule has 3 aromatic rings. The number of hydrogen-bond acceptors (Lipinski definition) is 4. The zero-order chi connectivity index (χ0) is 25.1. The van der Waals surface area contributed by atoms with E-state index in [9.17, 15) is 14.9 Å². The minimum absolute atomic E-state index is 0.132. The molecule has 0 spiro atoms. The Bertz CT molecular complexity index is 1380. The molecule has 1 N–H and O–H groups in total. The van der Waals surface area contributed by atoms with E-state index in [0.717, 1.165) is 16.7 Å². The molecule has 4 rings (SSSR count). The van der Waals surface area contributed by atoms with Crippen molar-refractivity contribution >= 4 is 58.2 Å². The summed E-state index contributed by atoms with van der Waals surface area (Å²) in [6, 6.07) is 21.8. The molecule has 1 fully saturated rings. The fraction of sp³-hybridized carbons (Fsp3) is 0.148. The second-order valence-electron chi connectivity index (χ2n) is 8.12. The number of aryl methyl sites for hydroxylation is 2. The first-order valence-corrected chi connectivity index (χ1v) is 12.4. The minimum Gasteiger partial charge on any atom is -0.321 e. The minimum atomic E-state index is -0.585. The number of carbonyl (C=O) groups is 2. The molecule has 1 atom stereocenters. The highest BCUT2D eigenvalue weighted by molar-refractivity contribution is 8.05. The summed E-state index contributed by atoms with van der Waals surface area (Å²) in [4.78, 5) is 28.3. The molecule has 8 heteroatoms. The molecule has 2 amide bonds. The molecule has 1 saturated heterocycles. The van der Waals surface area contributed by atoms with Gasteiger partial charge in [0, 0.05) is 21.4 Å². The molecule has 1 aliphatic rings. The third-order valence-corrected chi connectivity index (χ3v) is 7.44. The molecule has 0 bridgehead atoms. The zero-order valence-electron chi connectivity index (χ0n) is 19.0. The number of para-hydroxylation sites is 1. The van der Waals surface area contributed by atoms with Crippen LogP contribution in [0.4, 0.5) is 11.4 Å². The van der Waals surface area contributed by atoms with Crippen LogP contribution in [0.3, 0.4) is 0 Å².